The van der Waals surface area contributed by atoms with Crippen LogP contribution in [0.5, 0.6) is 0 Å². The lowest BCUT2D eigenvalue weighted by Gasteiger charge is -2.37. The van der Waals surface area contributed by atoms with Crippen molar-refractivity contribution in [1.82, 2.24) is 9.29 Å². The molecule has 3 rings (SSSR count). The van der Waals surface area contributed by atoms with Crippen LogP contribution < -0.4 is 10.3 Å². The van der Waals surface area contributed by atoms with Crippen LogP contribution in [0.15, 0.2) is 16.9 Å². The maximum absolute atomic E-state index is 12.9. The molecule has 1 aliphatic carbocycles. The number of hydrogen-bond donors (Lipinski definition) is 1. The molecule has 1 fully saturated rings. The minimum atomic E-state index is 0.0600. The van der Waals surface area contributed by atoms with E-state index in [9.17, 15) is 4.79 Å². The smallest absolute Gasteiger partial charge is 0.254 e. The first-order valence-corrected chi connectivity index (χ1v) is 11.4. The molecule has 1 N–H and O–H groups in total. The van der Waals surface area contributed by atoms with Crippen LogP contribution in [0.1, 0.15) is 63.3 Å². The van der Waals surface area contributed by atoms with Crippen LogP contribution in [0.25, 0.3) is 0 Å². The molecular formula is C21H34N2O3S. The van der Waals surface area contributed by atoms with E-state index in [2.05, 4.69) is 24.6 Å². The van der Waals surface area contributed by atoms with Crippen LogP contribution in [-0.4, -0.2) is 41.8 Å². The molecule has 1 saturated carbocycles. The summed E-state index contributed by atoms with van der Waals surface area (Å²) in [5.41, 5.74) is 2.08. The van der Waals surface area contributed by atoms with E-state index in [4.69, 9.17) is 9.47 Å². The van der Waals surface area contributed by atoms with Gasteiger partial charge in [0, 0.05) is 29.7 Å². The molecule has 1 aromatic heterocycles. The second kappa shape index (κ2) is 10.1. The third-order valence-corrected chi connectivity index (χ3v) is 6.56. The molecule has 1 aromatic rings. The van der Waals surface area contributed by atoms with E-state index in [1.807, 2.05) is 17.6 Å². The SMILES string of the molecule is CCOC1CCC(OCC2C(NSCC)CCc3ccc(C)c(=O)n32)CC1. The number of aromatic nitrogens is 1. The van der Waals surface area contributed by atoms with Gasteiger partial charge in [0.15, 0.2) is 0 Å². The molecule has 0 radical (unpaired) electrons. The van der Waals surface area contributed by atoms with Gasteiger partial charge in [-0.25, -0.2) is 0 Å². The van der Waals surface area contributed by atoms with Gasteiger partial charge in [0.05, 0.1) is 24.9 Å². The van der Waals surface area contributed by atoms with Gasteiger partial charge in [0.1, 0.15) is 0 Å². The summed E-state index contributed by atoms with van der Waals surface area (Å²) in [7, 11) is 0. The van der Waals surface area contributed by atoms with E-state index >= 15 is 0 Å². The van der Waals surface area contributed by atoms with Gasteiger partial charge in [-0.3, -0.25) is 9.52 Å². The second-order valence-corrected chi connectivity index (χ2v) is 8.74. The lowest BCUT2D eigenvalue weighted by molar-refractivity contribution is -0.0397. The number of rotatable bonds is 8. The van der Waals surface area contributed by atoms with Crippen LogP contribution >= 0.6 is 11.9 Å². The Kier molecular flexibility index (Phi) is 7.82. The Labute approximate surface area is 167 Å². The van der Waals surface area contributed by atoms with Crippen molar-refractivity contribution in [2.45, 2.75) is 83.6 Å². The maximum atomic E-state index is 12.9. The molecule has 0 bridgehead atoms. The summed E-state index contributed by atoms with van der Waals surface area (Å²) in [5.74, 6) is 1.01. The Morgan fingerprint density at radius 3 is 2.48 bits per heavy atom. The first kappa shape index (κ1) is 20.9. The molecule has 5 nitrogen and oxygen atoms in total. The molecule has 6 heteroatoms. The summed E-state index contributed by atoms with van der Waals surface area (Å²) in [6.45, 7) is 7.50. The fourth-order valence-electron chi connectivity index (χ4n) is 4.29. The van der Waals surface area contributed by atoms with Gasteiger partial charge in [-0.1, -0.05) is 24.9 Å². The summed E-state index contributed by atoms with van der Waals surface area (Å²) in [4.78, 5) is 12.9. The Morgan fingerprint density at radius 1 is 1.11 bits per heavy atom. The molecular weight excluding hydrogens is 360 g/mol. The van der Waals surface area contributed by atoms with Gasteiger partial charge in [-0.05, 0) is 58.4 Å². The van der Waals surface area contributed by atoms with E-state index in [1.165, 1.54) is 0 Å². The number of nitrogens with zero attached hydrogens (tertiary/aromatic N) is 1. The van der Waals surface area contributed by atoms with Gasteiger partial charge in [0.2, 0.25) is 0 Å². The first-order chi connectivity index (χ1) is 13.1. The zero-order valence-electron chi connectivity index (χ0n) is 16.9. The van der Waals surface area contributed by atoms with Crippen LogP contribution in [0.2, 0.25) is 0 Å². The van der Waals surface area contributed by atoms with Crippen molar-refractivity contribution in [3.05, 3.63) is 33.7 Å². The van der Waals surface area contributed by atoms with Crippen molar-refractivity contribution in [3.63, 3.8) is 0 Å². The number of nitrogens with one attached hydrogen (secondary N) is 1. The summed E-state index contributed by atoms with van der Waals surface area (Å²) >= 11 is 1.73. The Morgan fingerprint density at radius 2 is 1.81 bits per heavy atom. The van der Waals surface area contributed by atoms with Crippen LogP contribution in [0, 0.1) is 6.92 Å². The number of pyridine rings is 1. The Bertz CT molecular complexity index is 655. The van der Waals surface area contributed by atoms with Crippen LogP contribution in [0.3, 0.4) is 0 Å². The summed E-state index contributed by atoms with van der Waals surface area (Å²) in [6.07, 6.45) is 6.91. The Balaban J connectivity index is 1.69. The Hall–Kier alpha value is -0.820. The predicted octanol–water partition coefficient (Wildman–Crippen LogP) is 3.63. The number of ether oxygens (including phenoxy) is 2. The average molecular weight is 395 g/mol. The molecule has 2 heterocycles. The van der Waals surface area contributed by atoms with Gasteiger partial charge >= 0.3 is 0 Å². The third kappa shape index (κ3) is 5.17. The average Bonchev–Trinajstić information content (AvgIpc) is 2.69. The molecule has 0 amide bonds. The van der Waals surface area contributed by atoms with Crippen molar-refractivity contribution in [2.75, 3.05) is 19.0 Å². The standard InChI is InChI=1S/C21H34N2O3S/c1-4-25-17-9-11-18(12-10-17)26-14-20-19(22-27-5-2)13-8-16-7-6-15(3)21(24)23(16)20/h6-7,17-20,22H,4-5,8-14H2,1-3H3. The molecule has 0 spiro atoms. The zero-order chi connectivity index (χ0) is 19.2. The van der Waals surface area contributed by atoms with Crippen LogP contribution in [0.4, 0.5) is 0 Å². The lowest BCUT2D eigenvalue weighted by atomic mass is 9.94. The van der Waals surface area contributed by atoms with Gasteiger partial charge < -0.3 is 14.0 Å². The highest BCUT2D eigenvalue weighted by atomic mass is 32.2. The molecule has 27 heavy (non-hydrogen) atoms. The first-order valence-electron chi connectivity index (χ1n) is 10.5. The summed E-state index contributed by atoms with van der Waals surface area (Å²) in [6, 6.07) is 4.39. The van der Waals surface area contributed by atoms with Crippen LogP contribution in [-0.2, 0) is 15.9 Å². The number of fused-ring (bicyclic) bond motifs is 1. The molecule has 2 unspecified atom stereocenters. The monoisotopic (exact) mass is 394 g/mol. The minimum Gasteiger partial charge on any atom is -0.379 e. The molecule has 0 aromatic carbocycles. The highest BCUT2D eigenvalue weighted by molar-refractivity contribution is 7.97. The highest BCUT2D eigenvalue weighted by Crippen LogP contribution is 2.28. The topological polar surface area (TPSA) is 52.5 Å². The van der Waals surface area contributed by atoms with Crippen molar-refractivity contribution in [3.8, 4) is 0 Å². The number of aryl methyl sites for hydroxylation is 2. The lowest BCUT2D eigenvalue weighted by Crippen LogP contribution is -2.46. The zero-order valence-corrected chi connectivity index (χ0v) is 17.7. The van der Waals surface area contributed by atoms with Gasteiger partial charge in [-0.2, -0.15) is 0 Å². The predicted molar refractivity (Wildman–Crippen MR) is 111 cm³/mol. The molecule has 0 saturated heterocycles. The van der Waals surface area contributed by atoms with Gasteiger partial charge in [-0.15, -0.1) is 0 Å². The molecule has 2 atom stereocenters. The van der Waals surface area contributed by atoms with E-state index in [0.717, 1.165) is 62.1 Å². The molecule has 1 aliphatic heterocycles. The largest absolute Gasteiger partial charge is 0.379 e. The second-order valence-electron chi connectivity index (χ2n) is 7.63. The molecule has 152 valence electrons. The fraction of sp³-hybridized carbons (Fsp3) is 0.762. The normalized spacial score (nSPS) is 28.1. The van der Waals surface area contributed by atoms with Crippen molar-refractivity contribution in [2.24, 2.45) is 0 Å². The van der Waals surface area contributed by atoms with Crippen molar-refractivity contribution >= 4 is 11.9 Å². The quantitative estimate of drug-likeness (QED) is 0.682. The third-order valence-electron chi connectivity index (χ3n) is 5.80. The summed E-state index contributed by atoms with van der Waals surface area (Å²) < 4.78 is 17.7. The fourth-order valence-corrected chi connectivity index (χ4v) is 4.95. The van der Waals surface area contributed by atoms with Crippen molar-refractivity contribution < 1.29 is 9.47 Å². The van der Waals surface area contributed by atoms with E-state index in [1.54, 1.807) is 11.9 Å². The van der Waals surface area contributed by atoms with E-state index in [0.29, 0.717) is 12.7 Å². The number of hydrogen-bond acceptors (Lipinski definition) is 5. The van der Waals surface area contributed by atoms with Gasteiger partial charge in [0.25, 0.3) is 5.56 Å². The van der Waals surface area contributed by atoms with Crippen molar-refractivity contribution in [1.29, 1.82) is 0 Å². The summed E-state index contributed by atoms with van der Waals surface area (Å²) in [5, 5.41) is 0. The minimum absolute atomic E-state index is 0.0600. The highest BCUT2D eigenvalue weighted by Gasteiger charge is 2.32. The molecule has 2 aliphatic rings. The maximum Gasteiger partial charge on any atom is 0.254 e. The van der Waals surface area contributed by atoms with E-state index in [-0.39, 0.29) is 23.7 Å². The van der Waals surface area contributed by atoms with E-state index < -0.39 is 0 Å².